The zero-order valence-electron chi connectivity index (χ0n) is 36.0. The molecule has 0 fully saturated rings. The number of furan rings is 2. The van der Waals surface area contributed by atoms with Gasteiger partial charge in [0, 0.05) is 55.7 Å². The second kappa shape index (κ2) is 14.7. The molecular formula is C58H48N2O2. The highest BCUT2D eigenvalue weighted by atomic mass is 16.4. The van der Waals surface area contributed by atoms with Gasteiger partial charge in [-0.05, 0) is 167 Å². The number of rotatable bonds is 8. The van der Waals surface area contributed by atoms with E-state index < -0.39 is 0 Å². The molecule has 62 heavy (non-hydrogen) atoms. The van der Waals surface area contributed by atoms with Gasteiger partial charge in [-0.1, -0.05) is 100 Å². The van der Waals surface area contributed by atoms with Crippen molar-refractivity contribution in [2.45, 2.75) is 53.4 Å². The van der Waals surface area contributed by atoms with Crippen LogP contribution in [-0.4, -0.2) is 0 Å². The van der Waals surface area contributed by atoms with E-state index in [9.17, 15) is 0 Å². The Morgan fingerprint density at radius 3 is 1.18 bits per heavy atom. The summed E-state index contributed by atoms with van der Waals surface area (Å²) in [5.74, 6) is 0.849. The lowest BCUT2D eigenvalue weighted by Gasteiger charge is -2.28. The number of nitrogens with zero attached hydrogens (tertiary/aromatic N) is 2. The van der Waals surface area contributed by atoms with Gasteiger partial charge in [0.2, 0.25) is 0 Å². The van der Waals surface area contributed by atoms with Gasteiger partial charge in [0.1, 0.15) is 11.2 Å². The summed E-state index contributed by atoms with van der Waals surface area (Å²) in [4.78, 5) is 4.75. The molecule has 0 aliphatic rings. The molecule has 0 saturated carbocycles. The Balaban J connectivity index is 1.03. The monoisotopic (exact) mass is 804 g/mol. The number of fused-ring (bicyclic) bond motifs is 9. The normalized spacial score (nSPS) is 12.0. The highest BCUT2D eigenvalue weighted by Gasteiger charge is 2.21. The molecule has 11 rings (SSSR count). The molecule has 0 saturated heterocycles. The van der Waals surface area contributed by atoms with Crippen LogP contribution in [0.5, 0.6) is 0 Å². The molecule has 2 aromatic heterocycles. The molecule has 11 aromatic rings. The smallest absolute Gasteiger partial charge is 0.178 e. The number of aryl methyl sites for hydroxylation is 2. The number of hydrogen-bond acceptors (Lipinski definition) is 4. The first kappa shape index (κ1) is 37.7. The van der Waals surface area contributed by atoms with E-state index in [-0.39, 0.29) is 0 Å². The van der Waals surface area contributed by atoms with Crippen LogP contribution in [0.4, 0.5) is 34.1 Å². The molecule has 0 spiro atoms. The molecule has 2 heterocycles. The van der Waals surface area contributed by atoms with E-state index >= 15 is 0 Å². The third-order valence-electron chi connectivity index (χ3n) is 12.8. The van der Waals surface area contributed by atoms with Gasteiger partial charge in [0.05, 0.1) is 0 Å². The maximum Gasteiger partial charge on any atom is 0.178 e. The van der Waals surface area contributed by atoms with Crippen molar-refractivity contribution in [2.24, 2.45) is 0 Å². The van der Waals surface area contributed by atoms with Crippen LogP contribution in [0.15, 0.2) is 179 Å². The zero-order chi connectivity index (χ0) is 42.2. The Labute approximate surface area is 362 Å². The summed E-state index contributed by atoms with van der Waals surface area (Å²) in [7, 11) is 0. The topological polar surface area (TPSA) is 32.8 Å². The minimum atomic E-state index is 0.425. The van der Waals surface area contributed by atoms with E-state index in [2.05, 4.69) is 221 Å². The Morgan fingerprint density at radius 1 is 0.355 bits per heavy atom. The van der Waals surface area contributed by atoms with Crippen LogP contribution in [-0.2, 0) is 0 Å². The first-order chi connectivity index (χ1) is 30.2. The predicted molar refractivity (Wildman–Crippen MR) is 263 cm³/mol. The third-order valence-corrected chi connectivity index (χ3v) is 12.8. The zero-order valence-corrected chi connectivity index (χ0v) is 36.0. The van der Waals surface area contributed by atoms with Crippen LogP contribution in [0.2, 0.25) is 0 Å². The van der Waals surface area contributed by atoms with Crippen molar-refractivity contribution < 1.29 is 8.83 Å². The average molecular weight is 805 g/mol. The fourth-order valence-corrected chi connectivity index (χ4v) is 9.27. The molecule has 4 nitrogen and oxygen atoms in total. The number of anilines is 6. The summed E-state index contributed by atoms with van der Waals surface area (Å²) in [6.45, 7) is 13.4. The Hall–Kier alpha value is -7.30. The summed E-state index contributed by atoms with van der Waals surface area (Å²) in [6.07, 6.45) is 0. The van der Waals surface area contributed by atoms with Gasteiger partial charge in [-0.25, -0.2) is 0 Å². The quantitative estimate of drug-likeness (QED) is 0.153. The number of hydrogen-bond donors (Lipinski definition) is 0. The lowest BCUT2D eigenvalue weighted by atomic mass is 9.99. The fraction of sp³-hybridized carbons (Fsp3) is 0.138. The van der Waals surface area contributed by atoms with Crippen LogP contribution in [0.1, 0.15) is 61.8 Å². The SMILES string of the molecule is Cc1ccc(C(C)C)cc1N(c1ccccc1)c1ccc2cc3c(cc2c1)oc1c3ccc2c3cc4ccc(N(c5ccccc5)c5cc(C(C)C)ccc5C)cc4cc3oc21. The standard InChI is InChI=1S/C58H48N2O2/c1-35(2)39-19-17-37(5)53(31-39)59(45-13-9-7-10-14-45)47-23-21-41-29-51-49-25-26-50-52-30-42-22-24-48(28-44(42)34-56(52)62-58(50)57(49)61-55(51)33-43(41)27-47)60(46-15-11-8-12-16-46)54-32-40(36(3)4)20-18-38(54)6/h7-36H,1-6H3. The summed E-state index contributed by atoms with van der Waals surface area (Å²) in [5.41, 5.74) is 15.1. The highest BCUT2D eigenvalue weighted by molar-refractivity contribution is 6.21. The van der Waals surface area contributed by atoms with E-state index in [0.717, 1.165) is 88.2 Å². The van der Waals surface area contributed by atoms with E-state index in [1.807, 2.05) is 0 Å². The van der Waals surface area contributed by atoms with Gasteiger partial charge in [0.25, 0.3) is 0 Å². The summed E-state index contributed by atoms with van der Waals surface area (Å²) >= 11 is 0. The van der Waals surface area contributed by atoms with E-state index in [4.69, 9.17) is 8.83 Å². The van der Waals surface area contributed by atoms with Gasteiger partial charge in [-0.15, -0.1) is 0 Å². The lowest BCUT2D eigenvalue weighted by Crippen LogP contribution is -2.12. The van der Waals surface area contributed by atoms with Crippen LogP contribution in [0.3, 0.4) is 0 Å². The van der Waals surface area contributed by atoms with Crippen molar-refractivity contribution in [3.05, 3.63) is 192 Å². The van der Waals surface area contributed by atoms with E-state index in [0.29, 0.717) is 11.8 Å². The van der Waals surface area contributed by atoms with Gasteiger partial charge < -0.3 is 18.6 Å². The maximum absolute atomic E-state index is 6.80. The molecule has 4 heteroatoms. The first-order valence-electron chi connectivity index (χ1n) is 21.8. The van der Waals surface area contributed by atoms with Crippen LogP contribution >= 0.6 is 0 Å². The highest BCUT2D eigenvalue weighted by Crippen LogP contribution is 2.45. The van der Waals surface area contributed by atoms with Crippen molar-refractivity contribution in [2.75, 3.05) is 9.80 Å². The molecule has 0 bridgehead atoms. The minimum Gasteiger partial charge on any atom is -0.452 e. The molecule has 0 unspecified atom stereocenters. The van der Waals surface area contributed by atoms with Gasteiger partial charge in [0.15, 0.2) is 11.2 Å². The molecule has 0 amide bonds. The van der Waals surface area contributed by atoms with Crippen molar-refractivity contribution in [3.8, 4) is 0 Å². The summed E-state index contributed by atoms with van der Waals surface area (Å²) < 4.78 is 13.6. The van der Waals surface area contributed by atoms with Gasteiger partial charge in [-0.2, -0.15) is 0 Å². The number of para-hydroxylation sites is 2. The number of benzene rings is 9. The molecule has 9 aromatic carbocycles. The summed E-state index contributed by atoms with van der Waals surface area (Å²) in [5, 5.41) is 8.81. The second-order valence-electron chi connectivity index (χ2n) is 17.5. The predicted octanol–water partition coefficient (Wildman–Crippen LogP) is 17.6. The van der Waals surface area contributed by atoms with E-state index in [1.54, 1.807) is 0 Å². The molecule has 0 aliphatic carbocycles. The van der Waals surface area contributed by atoms with Crippen LogP contribution in [0, 0.1) is 13.8 Å². The molecular weight excluding hydrogens is 757 g/mol. The summed E-state index contributed by atoms with van der Waals surface area (Å²) in [6, 6.07) is 61.8. The molecule has 302 valence electrons. The Morgan fingerprint density at radius 2 is 0.774 bits per heavy atom. The minimum absolute atomic E-state index is 0.425. The van der Waals surface area contributed by atoms with Gasteiger partial charge >= 0.3 is 0 Å². The fourth-order valence-electron chi connectivity index (χ4n) is 9.27. The van der Waals surface area contributed by atoms with Gasteiger partial charge in [-0.3, -0.25) is 0 Å². The molecule has 0 N–H and O–H groups in total. The van der Waals surface area contributed by atoms with Crippen molar-refractivity contribution in [1.82, 2.24) is 0 Å². The molecule has 0 atom stereocenters. The molecule has 0 aliphatic heterocycles. The molecule has 0 radical (unpaired) electrons. The Kier molecular flexibility index (Phi) is 8.94. The second-order valence-corrected chi connectivity index (χ2v) is 17.5. The first-order valence-corrected chi connectivity index (χ1v) is 21.8. The largest absolute Gasteiger partial charge is 0.452 e. The van der Waals surface area contributed by atoms with Crippen LogP contribution in [0.25, 0.3) is 65.4 Å². The lowest BCUT2D eigenvalue weighted by molar-refractivity contribution is 0.634. The van der Waals surface area contributed by atoms with E-state index in [1.165, 1.54) is 33.6 Å². The Bertz CT molecular complexity index is 3270. The maximum atomic E-state index is 6.80. The van der Waals surface area contributed by atoms with Crippen molar-refractivity contribution in [3.63, 3.8) is 0 Å². The third kappa shape index (κ3) is 6.29. The van der Waals surface area contributed by atoms with Crippen LogP contribution < -0.4 is 9.80 Å². The van der Waals surface area contributed by atoms with Crippen molar-refractivity contribution in [1.29, 1.82) is 0 Å². The average Bonchev–Trinajstić information content (AvgIpc) is 3.84. The van der Waals surface area contributed by atoms with Crippen molar-refractivity contribution >= 4 is 99.5 Å².